The molecule has 6 nitrogen and oxygen atoms in total. The summed E-state index contributed by atoms with van der Waals surface area (Å²) in [4.78, 5) is 9.57. The van der Waals surface area contributed by atoms with Crippen LogP contribution in [0.2, 0.25) is 0 Å². The number of hydrogen-bond acceptors (Lipinski definition) is 5. The normalized spacial score (nSPS) is 18.3. The zero-order chi connectivity index (χ0) is 16.7. The van der Waals surface area contributed by atoms with Crippen molar-refractivity contribution in [3.63, 3.8) is 0 Å². The van der Waals surface area contributed by atoms with Gasteiger partial charge in [0.25, 0.3) is 0 Å². The molecule has 1 fully saturated rings. The Bertz CT molecular complexity index is 496. The highest BCUT2D eigenvalue weighted by Crippen LogP contribution is 2.10. The largest absolute Gasteiger partial charge is 0.361 e. The molecule has 1 aliphatic heterocycles. The summed E-state index contributed by atoms with van der Waals surface area (Å²) in [6.07, 6.45) is 2.14. The molecule has 2 heterocycles. The SMILES string of the molecule is CCNC(=NCC(C)SC)N1CCN(Cc2cc(C)on2)CC1. The molecule has 1 saturated heterocycles. The fourth-order valence-corrected chi connectivity index (χ4v) is 2.78. The molecule has 0 saturated carbocycles. The molecular formula is C16H29N5OS. The van der Waals surface area contributed by atoms with Crippen molar-refractivity contribution in [2.45, 2.75) is 32.6 Å². The van der Waals surface area contributed by atoms with Crippen LogP contribution in [-0.2, 0) is 6.54 Å². The van der Waals surface area contributed by atoms with Gasteiger partial charge in [-0.15, -0.1) is 0 Å². The summed E-state index contributed by atoms with van der Waals surface area (Å²) >= 11 is 1.86. The van der Waals surface area contributed by atoms with Gasteiger partial charge >= 0.3 is 0 Å². The lowest BCUT2D eigenvalue weighted by Gasteiger charge is -2.36. The number of piperazine rings is 1. The van der Waals surface area contributed by atoms with Gasteiger partial charge < -0.3 is 14.7 Å². The Hall–Kier alpha value is -1.21. The molecule has 7 heteroatoms. The van der Waals surface area contributed by atoms with Crippen LogP contribution in [0.4, 0.5) is 0 Å². The third-order valence-electron chi connectivity index (χ3n) is 3.97. The van der Waals surface area contributed by atoms with Crippen molar-refractivity contribution in [2.75, 3.05) is 45.5 Å². The van der Waals surface area contributed by atoms with E-state index in [-0.39, 0.29) is 0 Å². The van der Waals surface area contributed by atoms with E-state index in [1.807, 2.05) is 24.8 Å². The Labute approximate surface area is 143 Å². The summed E-state index contributed by atoms with van der Waals surface area (Å²) in [5, 5.41) is 8.06. The molecule has 0 aromatic carbocycles. The van der Waals surface area contributed by atoms with E-state index in [1.165, 1.54) is 0 Å². The van der Waals surface area contributed by atoms with Gasteiger partial charge in [-0.3, -0.25) is 9.89 Å². The Morgan fingerprint density at radius 1 is 1.43 bits per heavy atom. The second-order valence-corrected chi connectivity index (χ2v) is 7.21. The van der Waals surface area contributed by atoms with Gasteiger partial charge in [-0.25, -0.2) is 0 Å². The lowest BCUT2D eigenvalue weighted by Crippen LogP contribution is -2.52. The first kappa shape index (κ1) is 18.1. The number of nitrogens with one attached hydrogen (secondary N) is 1. The van der Waals surface area contributed by atoms with Crippen LogP contribution in [0.25, 0.3) is 0 Å². The summed E-state index contributed by atoms with van der Waals surface area (Å²) in [6, 6.07) is 2.02. The maximum atomic E-state index is 5.14. The summed E-state index contributed by atoms with van der Waals surface area (Å²) in [5.74, 6) is 1.92. The monoisotopic (exact) mass is 339 g/mol. The van der Waals surface area contributed by atoms with Crippen LogP contribution in [-0.4, -0.2) is 71.7 Å². The van der Waals surface area contributed by atoms with Gasteiger partial charge in [0.15, 0.2) is 5.96 Å². The van der Waals surface area contributed by atoms with Crippen molar-refractivity contribution in [3.8, 4) is 0 Å². The van der Waals surface area contributed by atoms with Crippen LogP contribution in [0.5, 0.6) is 0 Å². The molecular weight excluding hydrogens is 310 g/mol. The number of nitrogens with zero attached hydrogens (tertiary/aromatic N) is 4. The number of aliphatic imine (C=N–C) groups is 1. The number of aryl methyl sites for hydroxylation is 1. The Kier molecular flexibility index (Phi) is 7.23. The average Bonchev–Trinajstić information content (AvgIpc) is 2.97. The molecule has 1 aromatic heterocycles. The van der Waals surface area contributed by atoms with E-state index in [1.54, 1.807) is 0 Å². The van der Waals surface area contributed by atoms with Gasteiger partial charge in [0.2, 0.25) is 0 Å². The minimum atomic E-state index is 0.556. The topological polar surface area (TPSA) is 56.9 Å². The van der Waals surface area contributed by atoms with Gasteiger partial charge in [0, 0.05) is 50.6 Å². The molecule has 0 radical (unpaired) electrons. The molecule has 1 atom stereocenters. The highest BCUT2D eigenvalue weighted by Gasteiger charge is 2.20. The maximum Gasteiger partial charge on any atom is 0.194 e. The fourth-order valence-electron chi connectivity index (χ4n) is 2.55. The van der Waals surface area contributed by atoms with Crippen LogP contribution in [0.15, 0.2) is 15.6 Å². The Balaban J connectivity index is 1.85. The maximum absolute atomic E-state index is 5.14. The van der Waals surface area contributed by atoms with Gasteiger partial charge in [-0.05, 0) is 20.1 Å². The number of rotatable bonds is 6. The van der Waals surface area contributed by atoms with Crippen molar-refractivity contribution in [1.82, 2.24) is 20.3 Å². The second-order valence-electron chi connectivity index (χ2n) is 5.93. The smallest absolute Gasteiger partial charge is 0.194 e. The zero-order valence-electron chi connectivity index (χ0n) is 14.7. The summed E-state index contributed by atoms with van der Waals surface area (Å²) < 4.78 is 5.14. The Morgan fingerprint density at radius 3 is 2.74 bits per heavy atom. The van der Waals surface area contributed by atoms with Crippen LogP contribution in [0.3, 0.4) is 0 Å². The number of guanidine groups is 1. The second kappa shape index (κ2) is 9.17. The molecule has 0 aliphatic carbocycles. The minimum absolute atomic E-state index is 0.556. The van der Waals surface area contributed by atoms with E-state index in [2.05, 4.69) is 40.4 Å². The van der Waals surface area contributed by atoms with E-state index in [9.17, 15) is 0 Å². The molecule has 23 heavy (non-hydrogen) atoms. The number of hydrogen-bond donors (Lipinski definition) is 1. The van der Waals surface area contributed by atoms with Crippen LogP contribution < -0.4 is 5.32 Å². The molecule has 1 aliphatic rings. The first-order chi connectivity index (χ1) is 11.1. The lowest BCUT2D eigenvalue weighted by atomic mass is 10.3. The highest BCUT2D eigenvalue weighted by molar-refractivity contribution is 7.99. The number of thioether (sulfide) groups is 1. The van der Waals surface area contributed by atoms with Gasteiger partial charge in [0.05, 0.1) is 12.2 Å². The fraction of sp³-hybridized carbons (Fsp3) is 0.750. The zero-order valence-corrected chi connectivity index (χ0v) is 15.5. The van der Waals surface area contributed by atoms with Crippen molar-refractivity contribution in [1.29, 1.82) is 0 Å². The van der Waals surface area contributed by atoms with Crippen molar-refractivity contribution < 1.29 is 4.52 Å². The first-order valence-electron chi connectivity index (χ1n) is 8.33. The van der Waals surface area contributed by atoms with Gasteiger partial charge in [0.1, 0.15) is 5.76 Å². The summed E-state index contributed by atoms with van der Waals surface area (Å²) in [7, 11) is 0. The minimum Gasteiger partial charge on any atom is -0.361 e. The third-order valence-corrected chi connectivity index (χ3v) is 4.92. The molecule has 130 valence electrons. The predicted octanol–water partition coefficient (Wildman–Crippen LogP) is 1.82. The first-order valence-corrected chi connectivity index (χ1v) is 9.61. The average molecular weight is 340 g/mol. The van der Waals surface area contributed by atoms with Crippen molar-refractivity contribution in [2.24, 2.45) is 4.99 Å². The van der Waals surface area contributed by atoms with E-state index in [0.29, 0.717) is 5.25 Å². The lowest BCUT2D eigenvalue weighted by molar-refractivity contribution is 0.169. The van der Waals surface area contributed by atoms with Crippen LogP contribution in [0, 0.1) is 6.92 Å². The van der Waals surface area contributed by atoms with E-state index in [0.717, 1.165) is 63.2 Å². The van der Waals surface area contributed by atoms with Crippen molar-refractivity contribution in [3.05, 3.63) is 17.5 Å². The van der Waals surface area contributed by atoms with Gasteiger partial charge in [-0.1, -0.05) is 12.1 Å². The highest BCUT2D eigenvalue weighted by atomic mass is 32.2. The van der Waals surface area contributed by atoms with Crippen LogP contribution in [0.1, 0.15) is 25.3 Å². The van der Waals surface area contributed by atoms with E-state index < -0.39 is 0 Å². The quantitative estimate of drug-likeness (QED) is 0.630. The van der Waals surface area contributed by atoms with Gasteiger partial charge in [-0.2, -0.15) is 11.8 Å². The number of aromatic nitrogens is 1. The molecule has 1 unspecified atom stereocenters. The molecule has 1 N–H and O–H groups in total. The Morgan fingerprint density at radius 2 is 2.17 bits per heavy atom. The molecule has 0 bridgehead atoms. The predicted molar refractivity (Wildman–Crippen MR) is 97.0 cm³/mol. The van der Waals surface area contributed by atoms with Crippen molar-refractivity contribution >= 4 is 17.7 Å². The summed E-state index contributed by atoms with van der Waals surface area (Å²) in [6.45, 7) is 12.9. The molecule has 2 rings (SSSR count). The third kappa shape index (κ3) is 5.73. The molecule has 0 spiro atoms. The van der Waals surface area contributed by atoms with E-state index in [4.69, 9.17) is 9.52 Å². The standard InChI is InChI=1S/C16H29N5OS/c1-5-17-16(18-11-14(3)23-4)21-8-6-20(7-9-21)12-15-10-13(2)22-19-15/h10,14H,5-9,11-12H2,1-4H3,(H,17,18). The van der Waals surface area contributed by atoms with Crippen LogP contribution >= 0.6 is 11.8 Å². The van der Waals surface area contributed by atoms with E-state index >= 15 is 0 Å². The molecule has 0 amide bonds. The summed E-state index contributed by atoms with van der Waals surface area (Å²) in [5.41, 5.74) is 1.02. The molecule has 1 aromatic rings.